The molecule has 0 aliphatic carbocycles. The monoisotopic (exact) mass is 225 g/mol. The van der Waals surface area contributed by atoms with Crippen molar-refractivity contribution in [3.63, 3.8) is 0 Å². The van der Waals surface area contributed by atoms with Gasteiger partial charge in [0, 0.05) is 18.9 Å². The summed E-state index contributed by atoms with van der Waals surface area (Å²) in [7, 11) is 0. The minimum Gasteiger partial charge on any atom is -0.480 e. The maximum absolute atomic E-state index is 10.9. The van der Waals surface area contributed by atoms with E-state index in [0.29, 0.717) is 19.5 Å². The van der Waals surface area contributed by atoms with Crippen LogP contribution >= 0.6 is 0 Å². The van der Waals surface area contributed by atoms with E-state index in [9.17, 15) is 4.79 Å². The molecule has 0 radical (unpaired) electrons. The Morgan fingerprint density at radius 2 is 2.44 bits per heavy atom. The van der Waals surface area contributed by atoms with E-state index in [1.165, 1.54) is 0 Å². The number of hydrogen-bond donors (Lipinski definition) is 2. The van der Waals surface area contributed by atoms with Crippen LogP contribution in [0.15, 0.2) is 18.5 Å². The third kappa shape index (κ3) is 4.44. The fourth-order valence-corrected chi connectivity index (χ4v) is 1.51. The van der Waals surface area contributed by atoms with Crippen LogP contribution in [0.5, 0.6) is 0 Å². The van der Waals surface area contributed by atoms with Gasteiger partial charge in [0.2, 0.25) is 0 Å². The molecule has 1 rings (SSSR count). The fraction of sp³-hybridized carbons (Fsp3) is 0.636. The van der Waals surface area contributed by atoms with Crippen molar-refractivity contribution in [1.29, 1.82) is 0 Å². The molecule has 0 saturated heterocycles. The van der Waals surface area contributed by atoms with E-state index in [2.05, 4.69) is 17.3 Å². The third-order valence-corrected chi connectivity index (χ3v) is 2.44. The van der Waals surface area contributed by atoms with E-state index in [1.807, 2.05) is 12.3 Å². The fourth-order valence-electron chi connectivity index (χ4n) is 1.51. The van der Waals surface area contributed by atoms with Gasteiger partial charge in [-0.15, -0.1) is 0 Å². The normalized spacial score (nSPS) is 12.6. The lowest BCUT2D eigenvalue weighted by molar-refractivity contribution is -0.139. The molecule has 0 aliphatic heterocycles. The minimum atomic E-state index is -0.770. The van der Waals surface area contributed by atoms with Gasteiger partial charge in [-0.1, -0.05) is 19.8 Å². The summed E-state index contributed by atoms with van der Waals surface area (Å²) < 4.78 is 1.78. The summed E-state index contributed by atoms with van der Waals surface area (Å²) in [5.41, 5.74) is 0. The van der Waals surface area contributed by atoms with Crippen molar-refractivity contribution in [3.05, 3.63) is 18.5 Å². The lowest BCUT2D eigenvalue weighted by atomic mass is 10.1. The van der Waals surface area contributed by atoms with Crippen LogP contribution in [0.2, 0.25) is 0 Å². The molecule has 1 heterocycles. The number of rotatable bonds is 8. The minimum absolute atomic E-state index is 0.435. The van der Waals surface area contributed by atoms with Gasteiger partial charge in [-0.2, -0.15) is 5.10 Å². The van der Waals surface area contributed by atoms with Gasteiger partial charge < -0.3 is 10.4 Å². The highest BCUT2D eigenvalue weighted by molar-refractivity contribution is 5.73. The third-order valence-electron chi connectivity index (χ3n) is 2.44. The van der Waals surface area contributed by atoms with Gasteiger partial charge in [0.05, 0.1) is 6.54 Å². The molecule has 5 nitrogen and oxygen atoms in total. The Bertz CT molecular complexity index is 298. The second-order valence-electron chi connectivity index (χ2n) is 3.76. The highest BCUT2D eigenvalue weighted by Crippen LogP contribution is 2.00. The Balaban J connectivity index is 2.24. The number of carboxylic acids is 1. The molecule has 0 aliphatic rings. The average molecular weight is 225 g/mol. The Morgan fingerprint density at radius 1 is 1.62 bits per heavy atom. The zero-order valence-corrected chi connectivity index (χ0v) is 9.59. The predicted molar refractivity (Wildman–Crippen MR) is 61.2 cm³/mol. The van der Waals surface area contributed by atoms with E-state index in [4.69, 9.17) is 5.11 Å². The summed E-state index contributed by atoms with van der Waals surface area (Å²) in [6.07, 6.45) is 6.22. The molecular formula is C11H19N3O2. The summed E-state index contributed by atoms with van der Waals surface area (Å²) in [6, 6.07) is 1.42. The predicted octanol–water partition coefficient (Wildman–Crippen LogP) is 1.12. The Kier molecular flexibility index (Phi) is 5.56. The quantitative estimate of drug-likeness (QED) is 0.695. The maximum atomic E-state index is 10.9. The molecule has 2 N–H and O–H groups in total. The molecule has 0 bridgehead atoms. The molecule has 0 fully saturated rings. The molecule has 5 heteroatoms. The average Bonchev–Trinajstić information content (AvgIpc) is 2.75. The van der Waals surface area contributed by atoms with Crippen LogP contribution in [0.25, 0.3) is 0 Å². The molecule has 0 amide bonds. The van der Waals surface area contributed by atoms with E-state index in [1.54, 1.807) is 10.9 Å². The number of hydrogen-bond acceptors (Lipinski definition) is 3. The van der Waals surface area contributed by atoms with E-state index in [-0.39, 0.29) is 0 Å². The molecule has 16 heavy (non-hydrogen) atoms. The first-order chi connectivity index (χ1) is 7.74. The van der Waals surface area contributed by atoms with Crippen molar-refractivity contribution in [1.82, 2.24) is 15.1 Å². The number of aromatic nitrogens is 2. The van der Waals surface area contributed by atoms with Gasteiger partial charge >= 0.3 is 5.97 Å². The number of aliphatic carboxylic acids is 1. The zero-order valence-electron chi connectivity index (χ0n) is 9.59. The number of carbonyl (C=O) groups is 1. The van der Waals surface area contributed by atoms with Gasteiger partial charge in [-0.05, 0) is 12.5 Å². The largest absolute Gasteiger partial charge is 0.480 e. The van der Waals surface area contributed by atoms with Crippen molar-refractivity contribution in [2.24, 2.45) is 0 Å². The second kappa shape index (κ2) is 7.00. The topological polar surface area (TPSA) is 67.2 Å². The Labute approximate surface area is 95.5 Å². The van der Waals surface area contributed by atoms with Crippen LogP contribution in [0.3, 0.4) is 0 Å². The molecular weight excluding hydrogens is 206 g/mol. The summed E-state index contributed by atoms with van der Waals surface area (Å²) in [6.45, 7) is 3.38. The highest BCUT2D eigenvalue weighted by atomic mass is 16.4. The molecule has 1 aromatic rings. The van der Waals surface area contributed by atoms with E-state index in [0.717, 1.165) is 12.8 Å². The molecule has 90 valence electrons. The van der Waals surface area contributed by atoms with Gasteiger partial charge in [0.15, 0.2) is 0 Å². The van der Waals surface area contributed by atoms with Crippen molar-refractivity contribution in [3.8, 4) is 0 Å². The van der Waals surface area contributed by atoms with Gasteiger partial charge in [0.25, 0.3) is 0 Å². The molecule has 1 aromatic heterocycles. The summed E-state index contributed by atoms with van der Waals surface area (Å²) >= 11 is 0. The number of unbranched alkanes of at least 4 members (excludes halogenated alkanes) is 1. The zero-order chi connectivity index (χ0) is 11.8. The maximum Gasteiger partial charge on any atom is 0.320 e. The van der Waals surface area contributed by atoms with Crippen molar-refractivity contribution in [2.45, 2.75) is 38.8 Å². The van der Waals surface area contributed by atoms with Crippen LogP contribution in [-0.4, -0.2) is 33.4 Å². The molecule has 0 saturated carbocycles. The van der Waals surface area contributed by atoms with E-state index < -0.39 is 12.0 Å². The van der Waals surface area contributed by atoms with Crippen LogP contribution in [0, 0.1) is 0 Å². The summed E-state index contributed by atoms with van der Waals surface area (Å²) in [5.74, 6) is -0.770. The van der Waals surface area contributed by atoms with Crippen molar-refractivity contribution in [2.75, 3.05) is 6.54 Å². The molecule has 0 aromatic carbocycles. The molecule has 1 unspecified atom stereocenters. The molecule has 0 spiro atoms. The summed E-state index contributed by atoms with van der Waals surface area (Å²) in [5, 5.41) is 16.1. The lowest BCUT2D eigenvalue weighted by Gasteiger charge is -2.13. The van der Waals surface area contributed by atoms with Gasteiger partial charge in [-0.3, -0.25) is 9.48 Å². The first-order valence-corrected chi connectivity index (χ1v) is 5.67. The van der Waals surface area contributed by atoms with Crippen molar-refractivity contribution < 1.29 is 9.90 Å². The standard InChI is InChI=1S/C11H19N3O2/c1-2-3-5-10(11(15)16)12-7-9-14-8-4-6-13-14/h4,6,8,10,12H,2-3,5,7,9H2,1H3,(H,15,16). The van der Waals surface area contributed by atoms with Crippen LogP contribution in [0.1, 0.15) is 26.2 Å². The van der Waals surface area contributed by atoms with Crippen LogP contribution in [-0.2, 0) is 11.3 Å². The Morgan fingerprint density at radius 3 is 3.00 bits per heavy atom. The Hall–Kier alpha value is -1.36. The smallest absolute Gasteiger partial charge is 0.320 e. The van der Waals surface area contributed by atoms with Gasteiger partial charge in [0.1, 0.15) is 6.04 Å². The van der Waals surface area contributed by atoms with Crippen molar-refractivity contribution >= 4 is 5.97 Å². The van der Waals surface area contributed by atoms with E-state index >= 15 is 0 Å². The number of nitrogens with zero attached hydrogens (tertiary/aromatic N) is 2. The number of nitrogens with one attached hydrogen (secondary N) is 1. The SMILES string of the molecule is CCCCC(NCCn1cccn1)C(=O)O. The highest BCUT2D eigenvalue weighted by Gasteiger charge is 2.15. The molecule has 1 atom stereocenters. The van der Waals surface area contributed by atoms with Gasteiger partial charge in [-0.25, -0.2) is 0 Å². The first kappa shape index (κ1) is 12.7. The summed E-state index contributed by atoms with van der Waals surface area (Å²) in [4.78, 5) is 10.9. The first-order valence-electron chi connectivity index (χ1n) is 5.67. The number of carboxylic acid groups (broad SMARTS) is 1. The van der Waals surface area contributed by atoms with Crippen LogP contribution < -0.4 is 5.32 Å². The second-order valence-corrected chi connectivity index (χ2v) is 3.76. The van der Waals surface area contributed by atoms with Crippen LogP contribution in [0.4, 0.5) is 0 Å². The lowest BCUT2D eigenvalue weighted by Crippen LogP contribution is -2.38.